The summed E-state index contributed by atoms with van der Waals surface area (Å²) >= 11 is 0. The molecule has 0 amide bonds. The molecule has 0 bridgehead atoms. The van der Waals surface area contributed by atoms with E-state index in [1.54, 1.807) is 12.4 Å². The molecule has 98 valence electrons. The normalized spacial score (nSPS) is 18.8. The lowest BCUT2D eigenvalue weighted by atomic mass is 10.1. The molecule has 1 aliphatic rings. The van der Waals surface area contributed by atoms with Gasteiger partial charge < -0.3 is 10.6 Å². The second-order valence-corrected chi connectivity index (χ2v) is 4.84. The van der Waals surface area contributed by atoms with Crippen LogP contribution in [0.3, 0.4) is 0 Å². The van der Waals surface area contributed by atoms with E-state index >= 15 is 0 Å². The molecule has 3 rings (SSSR count). The van der Waals surface area contributed by atoms with Gasteiger partial charge in [0.25, 0.3) is 0 Å². The van der Waals surface area contributed by atoms with Gasteiger partial charge in [0.05, 0.1) is 0 Å². The first kappa shape index (κ1) is 12.0. The Morgan fingerprint density at radius 1 is 1.16 bits per heavy atom. The summed E-state index contributed by atoms with van der Waals surface area (Å²) in [5, 5.41) is 0. The number of nitrogens with two attached hydrogens (primary N) is 1. The highest BCUT2D eigenvalue weighted by atomic mass is 15.3. The van der Waals surface area contributed by atoms with Gasteiger partial charge in [0, 0.05) is 43.4 Å². The molecule has 0 saturated carbocycles. The molecule has 2 aromatic heterocycles. The highest BCUT2D eigenvalue weighted by Crippen LogP contribution is 2.22. The van der Waals surface area contributed by atoms with Crippen LogP contribution < -0.4 is 10.6 Å². The zero-order chi connectivity index (χ0) is 13.1. The van der Waals surface area contributed by atoms with Gasteiger partial charge in [-0.1, -0.05) is 0 Å². The van der Waals surface area contributed by atoms with E-state index < -0.39 is 0 Å². The Balaban J connectivity index is 1.76. The van der Waals surface area contributed by atoms with Crippen molar-refractivity contribution in [2.75, 3.05) is 24.5 Å². The van der Waals surface area contributed by atoms with Crippen LogP contribution >= 0.6 is 0 Å². The van der Waals surface area contributed by atoms with E-state index in [1.807, 2.05) is 24.5 Å². The number of hydrogen-bond acceptors (Lipinski definition) is 5. The van der Waals surface area contributed by atoms with Crippen LogP contribution in [0.2, 0.25) is 0 Å². The summed E-state index contributed by atoms with van der Waals surface area (Å²) in [6.45, 7) is 2.70. The molecule has 1 saturated heterocycles. The Bertz CT molecular complexity index is 525. The maximum Gasteiger partial charge on any atom is 0.225 e. The lowest BCUT2D eigenvalue weighted by molar-refractivity contribution is 0.602. The molecule has 19 heavy (non-hydrogen) atoms. The molecule has 0 aromatic carbocycles. The van der Waals surface area contributed by atoms with Crippen LogP contribution in [0.15, 0.2) is 36.9 Å². The Kier molecular flexibility index (Phi) is 3.37. The van der Waals surface area contributed by atoms with E-state index in [2.05, 4.69) is 19.9 Å². The van der Waals surface area contributed by atoms with Crippen molar-refractivity contribution in [2.45, 2.75) is 6.42 Å². The van der Waals surface area contributed by atoms with Gasteiger partial charge in [0.1, 0.15) is 0 Å². The fraction of sp³-hybridized carbons (Fsp3) is 0.357. The highest BCUT2D eigenvalue weighted by Gasteiger charge is 2.22. The Morgan fingerprint density at radius 3 is 2.53 bits per heavy atom. The minimum absolute atomic E-state index is 0.573. The van der Waals surface area contributed by atoms with Crippen molar-refractivity contribution < 1.29 is 0 Å². The van der Waals surface area contributed by atoms with Gasteiger partial charge in [-0.05, 0) is 36.6 Å². The molecule has 1 atom stereocenters. The minimum atomic E-state index is 0.573. The average molecular weight is 255 g/mol. The van der Waals surface area contributed by atoms with E-state index in [-0.39, 0.29) is 0 Å². The first-order valence-electron chi connectivity index (χ1n) is 6.54. The summed E-state index contributed by atoms with van der Waals surface area (Å²) in [5.41, 5.74) is 7.80. The molecule has 3 heterocycles. The number of nitrogens with zero attached hydrogens (tertiary/aromatic N) is 4. The molecule has 2 aromatic rings. The van der Waals surface area contributed by atoms with E-state index in [9.17, 15) is 0 Å². The van der Waals surface area contributed by atoms with Gasteiger partial charge in [-0.3, -0.25) is 4.98 Å². The third-order valence-electron chi connectivity index (χ3n) is 3.55. The number of pyridine rings is 1. The summed E-state index contributed by atoms with van der Waals surface area (Å²) in [6.07, 6.45) is 8.41. The van der Waals surface area contributed by atoms with Gasteiger partial charge in [0.15, 0.2) is 0 Å². The summed E-state index contributed by atoms with van der Waals surface area (Å²) in [4.78, 5) is 15.1. The van der Waals surface area contributed by atoms with Crippen LogP contribution in [0.1, 0.15) is 6.42 Å². The largest absolute Gasteiger partial charge is 0.340 e. The molecular formula is C14H17N5. The quantitative estimate of drug-likeness (QED) is 0.896. The van der Waals surface area contributed by atoms with Gasteiger partial charge >= 0.3 is 0 Å². The van der Waals surface area contributed by atoms with Crippen LogP contribution in [0, 0.1) is 5.92 Å². The van der Waals surface area contributed by atoms with Crippen LogP contribution in [-0.4, -0.2) is 34.6 Å². The van der Waals surface area contributed by atoms with Crippen molar-refractivity contribution in [2.24, 2.45) is 11.7 Å². The Morgan fingerprint density at radius 2 is 1.89 bits per heavy atom. The van der Waals surface area contributed by atoms with E-state index in [0.717, 1.165) is 43.1 Å². The third-order valence-corrected chi connectivity index (χ3v) is 3.55. The van der Waals surface area contributed by atoms with E-state index in [4.69, 9.17) is 5.73 Å². The molecule has 5 nitrogen and oxygen atoms in total. The van der Waals surface area contributed by atoms with Crippen molar-refractivity contribution in [3.05, 3.63) is 36.9 Å². The molecule has 0 spiro atoms. The molecule has 1 aliphatic heterocycles. The molecule has 0 aliphatic carbocycles. The smallest absolute Gasteiger partial charge is 0.225 e. The maximum atomic E-state index is 5.70. The molecule has 1 unspecified atom stereocenters. The molecule has 2 N–H and O–H groups in total. The van der Waals surface area contributed by atoms with Crippen molar-refractivity contribution in [1.82, 2.24) is 15.0 Å². The average Bonchev–Trinajstić information content (AvgIpc) is 2.97. The third kappa shape index (κ3) is 2.56. The Hall–Kier alpha value is -2.01. The SMILES string of the molecule is NCC1CCN(c2ncc(-c3ccncc3)cn2)C1. The van der Waals surface area contributed by atoms with Crippen molar-refractivity contribution in [1.29, 1.82) is 0 Å². The Labute approximate surface area is 112 Å². The highest BCUT2D eigenvalue weighted by molar-refractivity contribution is 5.61. The van der Waals surface area contributed by atoms with Gasteiger partial charge in [-0.25, -0.2) is 9.97 Å². The molecule has 0 radical (unpaired) electrons. The zero-order valence-corrected chi connectivity index (χ0v) is 10.7. The monoisotopic (exact) mass is 255 g/mol. The predicted octanol–water partition coefficient (Wildman–Crippen LogP) is 1.32. The number of hydrogen-bond donors (Lipinski definition) is 1. The minimum Gasteiger partial charge on any atom is -0.340 e. The van der Waals surface area contributed by atoms with Crippen molar-refractivity contribution >= 4 is 5.95 Å². The fourth-order valence-corrected chi connectivity index (χ4v) is 2.38. The first-order valence-corrected chi connectivity index (χ1v) is 6.54. The standard InChI is InChI=1S/C14H17N5/c15-7-11-3-6-19(10-11)14-17-8-13(9-18-14)12-1-4-16-5-2-12/h1-2,4-5,8-9,11H,3,6-7,10,15H2. The first-order chi connectivity index (χ1) is 9.36. The fourth-order valence-electron chi connectivity index (χ4n) is 2.38. The van der Waals surface area contributed by atoms with E-state index in [0.29, 0.717) is 5.92 Å². The van der Waals surface area contributed by atoms with Gasteiger partial charge in [-0.15, -0.1) is 0 Å². The lowest BCUT2D eigenvalue weighted by Gasteiger charge is -2.15. The van der Waals surface area contributed by atoms with Gasteiger partial charge in [-0.2, -0.15) is 0 Å². The van der Waals surface area contributed by atoms with Crippen LogP contribution in [-0.2, 0) is 0 Å². The summed E-state index contributed by atoms with van der Waals surface area (Å²) < 4.78 is 0. The lowest BCUT2D eigenvalue weighted by Crippen LogP contribution is -2.24. The second kappa shape index (κ2) is 5.32. The van der Waals surface area contributed by atoms with Crippen LogP contribution in [0.5, 0.6) is 0 Å². The van der Waals surface area contributed by atoms with Crippen molar-refractivity contribution in [3.63, 3.8) is 0 Å². The topological polar surface area (TPSA) is 67.9 Å². The molecule has 5 heteroatoms. The second-order valence-electron chi connectivity index (χ2n) is 4.84. The van der Waals surface area contributed by atoms with Gasteiger partial charge in [0.2, 0.25) is 5.95 Å². The van der Waals surface area contributed by atoms with Crippen LogP contribution in [0.4, 0.5) is 5.95 Å². The summed E-state index contributed by atoms with van der Waals surface area (Å²) in [5.74, 6) is 1.37. The molecule has 1 fully saturated rings. The zero-order valence-electron chi connectivity index (χ0n) is 10.7. The maximum absolute atomic E-state index is 5.70. The predicted molar refractivity (Wildman–Crippen MR) is 74.6 cm³/mol. The summed E-state index contributed by atoms with van der Waals surface area (Å²) in [7, 11) is 0. The summed E-state index contributed by atoms with van der Waals surface area (Å²) in [6, 6.07) is 3.91. The number of rotatable bonds is 3. The number of anilines is 1. The van der Waals surface area contributed by atoms with E-state index in [1.165, 1.54) is 0 Å². The van der Waals surface area contributed by atoms with Crippen molar-refractivity contribution in [3.8, 4) is 11.1 Å². The van der Waals surface area contributed by atoms with Crippen LogP contribution in [0.25, 0.3) is 11.1 Å². The number of aromatic nitrogens is 3. The molecular weight excluding hydrogens is 238 g/mol.